The van der Waals surface area contributed by atoms with Crippen molar-refractivity contribution in [3.63, 3.8) is 0 Å². The van der Waals surface area contributed by atoms with Crippen molar-refractivity contribution in [2.75, 3.05) is 22.9 Å². The van der Waals surface area contributed by atoms with E-state index in [1.807, 2.05) is 60.7 Å². The van der Waals surface area contributed by atoms with Crippen LogP contribution in [-0.4, -0.2) is 37.8 Å². The highest BCUT2D eigenvalue weighted by atomic mass is 19.1. The second-order valence-electron chi connectivity index (χ2n) is 7.89. The second kappa shape index (κ2) is 11.1. The van der Waals surface area contributed by atoms with Crippen LogP contribution in [0.3, 0.4) is 0 Å². The quantitative estimate of drug-likeness (QED) is 0.466. The van der Waals surface area contributed by atoms with Crippen molar-refractivity contribution >= 4 is 30.0 Å². The number of carbonyl (C=O) groups excluding carboxylic acids is 3. The van der Waals surface area contributed by atoms with Crippen LogP contribution < -0.4 is 15.1 Å². The largest absolute Gasteiger partial charge is 0.444 e. The first kappa shape index (κ1) is 23.7. The third-order valence-electron chi connectivity index (χ3n) is 5.45. The number of cyclic esters (lactones) is 1. The van der Waals surface area contributed by atoms with Gasteiger partial charge in [0.1, 0.15) is 18.5 Å². The van der Waals surface area contributed by atoms with Crippen molar-refractivity contribution in [2.24, 2.45) is 0 Å². The predicted molar refractivity (Wildman–Crippen MR) is 127 cm³/mol. The summed E-state index contributed by atoms with van der Waals surface area (Å²) in [4.78, 5) is 38.2. The highest BCUT2D eigenvalue weighted by Crippen LogP contribution is 2.29. The molecule has 3 aromatic carbocycles. The molecule has 1 aliphatic rings. The number of ether oxygens (including phenoxy) is 2. The van der Waals surface area contributed by atoms with E-state index in [-0.39, 0.29) is 37.6 Å². The lowest BCUT2D eigenvalue weighted by Gasteiger charge is -2.24. The number of hydrogen-bond donors (Lipinski definition) is 1. The Hall–Kier alpha value is -4.40. The Morgan fingerprint density at radius 2 is 1.77 bits per heavy atom. The highest BCUT2D eigenvalue weighted by Gasteiger charge is 2.33. The monoisotopic (exact) mass is 477 g/mol. The molecule has 3 aromatic rings. The first-order valence-corrected chi connectivity index (χ1v) is 11.0. The summed E-state index contributed by atoms with van der Waals surface area (Å²) in [6.45, 7) is 0.451. The lowest BCUT2D eigenvalue weighted by atomic mass is 10.2. The van der Waals surface area contributed by atoms with Crippen molar-refractivity contribution in [1.29, 1.82) is 0 Å². The zero-order valence-corrected chi connectivity index (χ0v) is 18.8. The fourth-order valence-electron chi connectivity index (χ4n) is 3.71. The first-order chi connectivity index (χ1) is 17.0. The predicted octanol–water partition coefficient (Wildman–Crippen LogP) is 4.24. The number of benzene rings is 3. The molecule has 3 amide bonds. The van der Waals surface area contributed by atoms with Crippen LogP contribution in [-0.2, 0) is 27.4 Å². The molecule has 35 heavy (non-hydrogen) atoms. The van der Waals surface area contributed by atoms with E-state index < -0.39 is 24.1 Å². The Morgan fingerprint density at radius 3 is 2.43 bits per heavy atom. The van der Waals surface area contributed by atoms with E-state index in [2.05, 4.69) is 5.32 Å². The molecule has 1 heterocycles. The maximum absolute atomic E-state index is 15.3. The molecule has 0 aliphatic carbocycles. The van der Waals surface area contributed by atoms with Crippen molar-refractivity contribution < 1.29 is 28.2 Å². The van der Waals surface area contributed by atoms with Crippen LogP contribution in [0.2, 0.25) is 0 Å². The van der Waals surface area contributed by atoms with Gasteiger partial charge in [-0.05, 0) is 29.3 Å². The minimum absolute atomic E-state index is 0.0161. The average molecular weight is 477 g/mol. The molecule has 0 radical (unpaired) electrons. The zero-order chi connectivity index (χ0) is 24.6. The number of hydrogen-bond acceptors (Lipinski definition) is 5. The number of nitrogens with zero attached hydrogens (tertiary/aromatic N) is 2. The number of halogens is 1. The number of carbonyl (C=O) groups is 3. The van der Waals surface area contributed by atoms with E-state index in [1.165, 1.54) is 28.0 Å². The van der Waals surface area contributed by atoms with E-state index in [1.54, 1.807) is 0 Å². The van der Waals surface area contributed by atoms with Gasteiger partial charge >= 0.3 is 12.2 Å². The van der Waals surface area contributed by atoms with Gasteiger partial charge in [-0.1, -0.05) is 60.7 Å². The van der Waals surface area contributed by atoms with Gasteiger partial charge in [-0.25, -0.2) is 14.0 Å². The molecular weight excluding hydrogens is 453 g/mol. The number of rotatable bonds is 9. The van der Waals surface area contributed by atoms with E-state index >= 15 is 4.39 Å². The summed E-state index contributed by atoms with van der Waals surface area (Å²) >= 11 is 0. The molecule has 0 bridgehead atoms. The van der Waals surface area contributed by atoms with Crippen molar-refractivity contribution in [1.82, 2.24) is 5.32 Å². The van der Waals surface area contributed by atoms with E-state index in [9.17, 15) is 14.4 Å². The summed E-state index contributed by atoms with van der Waals surface area (Å²) in [5.74, 6) is -0.697. The van der Waals surface area contributed by atoms with Gasteiger partial charge < -0.3 is 14.8 Å². The van der Waals surface area contributed by atoms with Gasteiger partial charge in [-0.15, -0.1) is 0 Å². The average Bonchev–Trinajstić information content (AvgIpc) is 3.26. The molecule has 1 N–H and O–H groups in total. The van der Waals surface area contributed by atoms with Crippen LogP contribution in [0.25, 0.3) is 0 Å². The summed E-state index contributed by atoms with van der Waals surface area (Å²) in [5.41, 5.74) is 1.90. The van der Waals surface area contributed by atoms with Crippen LogP contribution in [0.1, 0.15) is 11.1 Å². The molecule has 1 atom stereocenters. The highest BCUT2D eigenvalue weighted by molar-refractivity contribution is 5.91. The molecule has 4 rings (SSSR count). The lowest BCUT2D eigenvalue weighted by molar-refractivity contribution is -0.109. The smallest absolute Gasteiger partial charge is 0.415 e. The Bertz CT molecular complexity index is 1180. The molecule has 1 aliphatic heterocycles. The maximum atomic E-state index is 15.3. The van der Waals surface area contributed by atoms with Gasteiger partial charge in [-0.2, -0.15) is 0 Å². The molecule has 8 nitrogen and oxygen atoms in total. The number of anilines is 2. The molecule has 1 unspecified atom stereocenters. The third kappa shape index (κ3) is 5.94. The number of amides is 3. The Kier molecular flexibility index (Phi) is 7.57. The van der Waals surface area contributed by atoms with Crippen LogP contribution >= 0.6 is 0 Å². The topological polar surface area (TPSA) is 88.2 Å². The van der Waals surface area contributed by atoms with Crippen LogP contribution in [0.15, 0.2) is 78.9 Å². The molecule has 0 aromatic heterocycles. The van der Waals surface area contributed by atoms with Crippen LogP contribution in [0.5, 0.6) is 0 Å². The lowest BCUT2D eigenvalue weighted by Crippen LogP contribution is -2.32. The second-order valence-corrected chi connectivity index (χ2v) is 7.89. The SMILES string of the molecule is O=CNCC1CN(c2ccc(N(Cc3ccccc3)C(=O)OCc3ccccc3)c(F)c2)C(=O)O1. The molecular formula is C26H24FN3O5. The standard InChI is InChI=1S/C26H24FN3O5/c27-23-13-21(29-16-22(14-28-18-31)35-26(29)33)11-12-24(23)30(15-19-7-3-1-4-8-19)25(32)34-17-20-9-5-2-6-10-20/h1-13,18,22H,14-17H2,(H,28,31). The molecule has 1 fully saturated rings. The Labute approximate surface area is 201 Å². The summed E-state index contributed by atoms with van der Waals surface area (Å²) in [5, 5.41) is 2.46. The Balaban J connectivity index is 1.55. The van der Waals surface area contributed by atoms with E-state index in [0.717, 1.165) is 11.1 Å². The fourth-order valence-corrected chi connectivity index (χ4v) is 3.71. The van der Waals surface area contributed by atoms with Crippen LogP contribution in [0, 0.1) is 5.82 Å². The first-order valence-electron chi connectivity index (χ1n) is 11.0. The van der Waals surface area contributed by atoms with Crippen molar-refractivity contribution in [3.05, 3.63) is 95.8 Å². The van der Waals surface area contributed by atoms with Crippen LogP contribution in [0.4, 0.5) is 25.4 Å². The normalized spacial score (nSPS) is 14.8. The maximum Gasteiger partial charge on any atom is 0.415 e. The van der Waals surface area contributed by atoms with Crippen molar-refractivity contribution in [2.45, 2.75) is 19.3 Å². The molecule has 1 saturated heterocycles. The van der Waals surface area contributed by atoms with Gasteiger partial charge in [0, 0.05) is 0 Å². The van der Waals surface area contributed by atoms with Gasteiger partial charge in [0.15, 0.2) is 0 Å². The van der Waals surface area contributed by atoms with Gasteiger partial charge in [-0.3, -0.25) is 14.6 Å². The number of nitrogens with one attached hydrogen (secondary N) is 1. The molecule has 180 valence electrons. The summed E-state index contributed by atoms with van der Waals surface area (Å²) in [6, 6.07) is 22.5. The fraction of sp³-hybridized carbons (Fsp3) is 0.192. The summed E-state index contributed by atoms with van der Waals surface area (Å²) < 4.78 is 26.0. The molecule has 9 heteroatoms. The van der Waals surface area contributed by atoms with E-state index in [4.69, 9.17) is 9.47 Å². The van der Waals surface area contributed by atoms with Gasteiger partial charge in [0.05, 0.1) is 31.0 Å². The molecule has 0 spiro atoms. The van der Waals surface area contributed by atoms with Crippen molar-refractivity contribution in [3.8, 4) is 0 Å². The minimum Gasteiger partial charge on any atom is -0.444 e. The summed E-state index contributed by atoms with van der Waals surface area (Å²) in [7, 11) is 0. The summed E-state index contributed by atoms with van der Waals surface area (Å²) in [6.07, 6.45) is -1.37. The van der Waals surface area contributed by atoms with Gasteiger partial charge in [0.2, 0.25) is 6.41 Å². The zero-order valence-electron chi connectivity index (χ0n) is 18.8. The Morgan fingerprint density at radius 1 is 1.09 bits per heavy atom. The minimum atomic E-state index is -0.704. The third-order valence-corrected chi connectivity index (χ3v) is 5.45. The molecule has 0 saturated carbocycles. The van der Waals surface area contributed by atoms with Gasteiger partial charge in [0.25, 0.3) is 0 Å². The van der Waals surface area contributed by atoms with E-state index in [0.29, 0.717) is 6.41 Å².